The van der Waals surface area contributed by atoms with Gasteiger partial charge in [0, 0.05) is 0 Å². The molecule has 0 saturated heterocycles. The van der Waals surface area contributed by atoms with Gasteiger partial charge in [0.2, 0.25) is 0 Å². The molecule has 1 radical (unpaired) electrons. The Hall–Kier alpha value is -0.260. The van der Waals surface area contributed by atoms with E-state index >= 15 is 0 Å². The summed E-state index contributed by atoms with van der Waals surface area (Å²) in [4.78, 5) is 0. The number of hydrogen-bond acceptors (Lipinski definition) is 0. The maximum atomic E-state index is 3.89. The largest absolute Gasteiger partial charge is 0.0885 e. The minimum atomic E-state index is 1.11. The topological polar surface area (TPSA) is 0 Å². The van der Waals surface area contributed by atoms with Crippen LogP contribution in [0.2, 0.25) is 0 Å². The molecule has 0 bridgehead atoms. The molecule has 0 aromatic heterocycles. The molecule has 0 atom stereocenters. The minimum absolute atomic E-state index is 1.11. The van der Waals surface area contributed by atoms with Gasteiger partial charge >= 0.3 is 0 Å². The van der Waals surface area contributed by atoms with Gasteiger partial charge < -0.3 is 0 Å². The number of rotatable bonds is 18. The maximum Gasteiger partial charge on any atom is -0.0351 e. The fourth-order valence-electron chi connectivity index (χ4n) is 2.95. The van der Waals surface area contributed by atoms with Crippen molar-refractivity contribution in [2.45, 2.75) is 122 Å². The standard InChI is InChI=1S/C22H43/c1-3-5-7-9-11-13-15-17-19-21-22-20-18-16-14-12-10-8-6-4-2/h19,21H,1,3-18,20,22H2,2H3/b21-19-. The summed E-state index contributed by atoms with van der Waals surface area (Å²) in [5, 5.41) is 0. The molecule has 131 valence electrons. The van der Waals surface area contributed by atoms with Gasteiger partial charge in [0.25, 0.3) is 0 Å². The molecule has 0 spiro atoms. The summed E-state index contributed by atoms with van der Waals surface area (Å²) in [6.07, 6.45) is 29.8. The minimum Gasteiger partial charge on any atom is -0.0885 e. The Morgan fingerprint density at radius 3 is 1.27 bits per heavy atom. The van der Waals surface area contributed by atoms with Gasteiger partial charge in [-0.15, -0.1) is 0 Å². The molecule has 0 heterocycles. The van der Waals surface area contributed by atoms with E-state index in [0.29, 0.717) is 0 Å². The Morgan fingerprint density at radius 1 is 0.500 bits per heavy atom. The monoisotopic (exact) mass is 307 g/mol. The third kappa shape index (κ3) is 19.7. The lowest BCUT2D eigenvalue weighted by molar-refractivity contribution is 0.566. The summed E-state index contributed by atoms with van der Waals surface area (Å²) in [5.41, 5.74) is 0. The van der Waals surface area contributed by atoms with Crippen LogP contribution in [0.4, 0.5) is 0 Å². The first-order valence-electron chi connectivity index (χ1n) is 10.4. The number of allylic oxidation sites excluding steroid dienone is 2. The van der Waals surface area contributed by atoms with E-state index in [1.807, 2.05) is 0 Å². The van der Waals surface area contributed by atoms with Crippen molar-refractivity contribution in [3.63, 3.8) is 0 Å². The smallest absolute Gasteiger partial charge is 0.0351 e. The van der Waals surface area contributed by atoms with E-state index in [1.165, 1.54) is 109 Å². The van der Waals surface area contributed by atoms with Gasteiger partial charge in [-0.25, -0.2) is 0 Å². The molecule has 0 nitrogen and oxygen atoms in total. The second-order valence-electron chi connectivity index (χ2n) is 6.85. The van der Waals surface area contributed by atoms with Crippen LogP contribution in [0, 0.1) is 6.92 Å². The van der Waals surface area contributed by atoms with E-state index in [9.17, 15) is 0 Å². The lowest BCUT2D eigenvalue weighted by Crippen LogP contribution is -1.81. The van der Waals surface area contributed by atoms with Gasteiger partial charge in [0.1, 0.15) is 0 Å². The summed E-state index contributed by atoms with van der Waals surface area (Å²) >= 11 is 0. The lowest BCUT2D eigenvalue weighted by atomic mass is 10.1. The fourth-order valence-corrected chi connectivity index (χ4v) is 2.95. The Balaban J connectivity index is 3.02. The van der Waals surface area contributed by atoms with E-state index in [-0.39, 0.29) is 0 Å². The Bertz CT molecular complexity index is 204. The zero-order valence-corrected chi connectivity index (χ0v) is 15.6. The van der Waals surface area contributed by atoms with E-state index < -0.39 is 0 Å². The molecule has 22 heavy (non-hydrogen) atoms. The molecule has 0 unspecified atom stereocenters. The summed E-state index contributed by atoms with van der Waals surface area (Å²) in [6, 6.07) is 0. The first-order valence-corrected chi connectivity index (χ1v) is 10.4. The van der Waals surface area contributed by atoms with Gasteiger partial charge in [-0.3, -0.25) is 0 Å². The van der Waals surface area contributed by atoms with Crippen LogP contribution in [-0.2, 0) is 0 Å². The second-order valence-corrected chi connectivity index (χ2v) is 6.85. The first-order chi connectivity index (χ1) is 10.9. The molecular weight excluding hydrogens is 264 g/mol. The van der Waals surface area contributed by atoms with Crippen LogP contribution in [0.3, 0.4) is 0 Å². The van der Waals surface area contributed by atoms with Crippen LogP contribution in [0.15, 0.2) is 12.2 Å². The predicted molar refractivity (Wildman–Crippen MR) is 103 cm³/mol. The van der Waals surface area contributed by atoms with Crippen molar-refractivity contribution in [3.8, 4) is 0 Å². The lowest BCUT2D eigenvalue weighted by Gasteiger charge is -2.01. The van der Waals surface area contributed by atoms with Crippen molar-refractivity contribution in [1.29, 1.82) is 0 Å². The van der Waals surface area contributed by atoms with Gasteiger partial charge in [-0.05, 0) is 25.7 Å². The van der Waals surface area contributed by atoms with Crippen molar-refractivity contribution in [1.82, 2.24) is 0 Å². The molecular formula is C22H43. The van der Waals surface area contributed by atoms with Crippen LogP contribution < -0.4 is 0 Å². The average molecular weight is 308 g/mol. The molecule has 0 heteroatoms. The van der Waals surface area contributed by atoms with Crippen LogP contribution >= 0.6 is 0 Å². The first kappa shape index (κ1) is 21.7. The molecule has 0 N–H and O–H groups in total. The fraction of sp³-hybridized carbons (Fsp3) is 0.864. The van der Waals surface area contributed by atoms with Gasteiger partial charge in [-0.2, -0.15) is 0 Å². The maximum absolute atomic E-state index is 3.89. The quantitative estimate of drug-likeness (QED) is 0.176. The Labute approximate surface area is 142 Å². The van der Waals surface area contributed by atoms with Crippen molar-refractivity contribution in [2.24, 2.45) is 0 Å². The highest BCUT2D eigenvalue weighted by molar-refractivity contribution is 4.81. The van der Waals surface area contributed by atoms with E-state index in [2.05, 4.69) is 26.0 Å². The van der Waals surface area contributed by atoms with Gasteiger partial charge in [0.05, 0.1) is 0 Å². The predicted octanol–water partition coefficient (Wildman–Crippen LogP) is 8.42. The molecule has 0 fully saturated rings. The van der Waals surface area contributed by atoms with Crippen molar-refractivity contribution in [2.75, 3.05) is 0 Å². The highest BCUT2D eigenvalue weighted by Crippen LogP contribution is 2.11. The van der Waals surface area contributed by atoms with Crippen molar-refractivity contribution >= 4 is 0 Å². The number of hydrogen-bond donors (Lipinski definition) is 0. The van der Waals surface area contributed by atoms with Crippen LogP contribution in [0.5, 0.6) is 0 Å². The molecule has 0 aromatic rings. The SMILES string of the molecule is [CH2]CCCCCCCC/C=C\CCCCCCCCCCC. The highest BCUT2D eigenvalue weighted by atomic mass is 14.0. The average Bonchev–Trinajstić information content (AvgIpc) is 2.54. The summed E-state index contributed by atoms with van der Waals surface area (Å²) in [7, 11) is 0. The number of unbranched alkanes of at least 4 members (excludes halogenated alkanes) is 16. The molecule has 0 aliphatic heterocycles. The molecule has 0 aliphatic rings. The Kier molecular flexibility index (Phi) is 20.5. The summed E-state index contributed by atoms with van der Waals surface area (Å²) in [5.74, 6) is 0. The van der Waals surface area contributed by atoms with Crippen molar-refractivity contribution < 1.29 is 0 Å². The molecule has 0 aliphatic carbocycles. The second kappa shape index (κ2) is 20.7. The molecule has 0 amide bonds. The van der Waals surface area contributed by atoms with Gasteiger partial charge in [0.15, 0.2) is 0 Å². The van der Waals surface area contributed by atoms with E-state index in [0.717, 1.165) is 6.42 Å². The molecule has 0 aromatic carbocycles. The Morgan fingerprint density at radius 2 is 0.864 bits per heavy atom. The third-order valence-electron chi connectivity index (χ3n) is 4.51. The molecule has 0 rings (SSSR count). The summed E-state index contributed by atoms with van der Waals surface area (Å²) < 4.78 is 0. The van der Waals surface area contributed by atoms with Crippen LogP contribution in [-0.4, -0.2) is 0 Å². The van der Waals surface area contributed by atoms with Crippen molar-refractivity contribution in [3.05, 3.63) is 19.1 Å². The van der Waals surface area contributed by atoms with Gasteiger partial charge in [-0.1, -0.05) is 116 Å². The highest BCUT2D eigenvalue weighted by Gasteiger charge is 1.92. The summed E-state index contributed by atoms with van der Waals surface area (Å²) in [6.45, 7) is 6.18. The van der Waals surface area contributed by atoms with E-state index in [1.54, 1.807) is 0 Å². The zero-order valence-electron chi connectivity index (χ0n) is 15.6. The zero-order chi connectivity index (χ0) is 16.1. The van der Waals surface area contributed by atoms with Crippen LogP contribution in [0.25, 0.3) is 0 Å². The third-order valence-corrected chi connectivity index (χ3v) is 4.51. The molecule has 0 saturated carbocycles. The normalized spacial score (nSPS) is 11.5. The van der Waals surface area contributed by atoms with E-state index in [4.69, 9.17) is 0 Å². The van der Waals surface area contributed by atoms with Crippen LogP contribution in [0.1, 0.15) is 122 Å².